The Morgan fingerprint density at radius 3 is 2.46 bits per heavy atom. The van der Waals surface area contributed by atoms with Crippen molar-refractivity contribution in [2.24, 2.45) is 0 Å². The average Bonchev–Trinajstić information content (AvgIpc) is 3.37. The summed E-state index contributed by atoms with van der Waals surface area (Å²) in [5.74, 6) is -0.618. The van der Waals surface area contributed by atoms with Gasteiger partial charge in [-0.2, -0.15) is 0 Å². The lowest BCUT2D eigenvalue weighted by Crippen LogP contribution is -2.45. The van der Waals surface area contributed by atoms with Crippen molar-refractivity contribution in [2.45, 2.75) is 25.9 Å². The first kappa shape index (κ1) is 23.9. The number of aromatic amines is 1. The van der Waals surface area contributed by atoms with E-state index in [4.69, 9.17) is 14.0 Å². The van der Waals surface area contributed by atoms with E-state index in [1.54, 1.807) is 50.2 Å². The number of esters is 1. The van der Waals surface area contributed by atoms with E-state index in [1.165, 1.54) is 28.9 Å². The van der Waals surface area contributed by atoms with E-state index in [1.807, 2.05) is 0 Å². The zero-order valence-corrected chi connectivity index (χ0v) is 19.5. The summed E-state index contributed by atoms with van der Waals surface area (Å²) >= 11 is 0. The molecule has 0 bridgehead atoms. The summed E-state index contributed by atoms with van der Waals surface area (Å²) in [6.07, 6.45) is -0.0484. The summed E-state index contributed by atoms with van der Waals surface area (Å²) in [6, 6.07) is 12.3. The molecule has 2 heterocycles. The van der Waals surface area contributed by atoms with Gasteiger partial charge in [0.2, 0.25) is 11.6 Å². The summed E-state index contributed by atoms with van der Waals surface area (Å²) in [5, 5.41) is 2.56. The highest BCUT2D eigenvalue weighted by atomic mass is 16.5. The number of carbonyl (C=O) groups is 3. The average molecular weight is 481 g/mol. The molecule has 0 radical (unpaired) electrons. The number of rotatable bonds is 8. The number of methoxy groups -OCH3 is 1. The van der Waals surface area contributed by atoms with Crippen LogP contribution in [0.3, 0.4) is 0 Å². The number of imide groups is 1. The summed E-state index contributed by atoms with van der Waals surface area (Å²) < 4.78 is 16.6. The highest BCUT2D eigenvalue weighted by Crippen LogP contribution is 2.26. The molecule has 1 saturated heterocycles. The molecule has 1 unspecified atom stereocenters. The van der Waals surface area contributed by atoms with Gasteiger partial charge >= 0.3 is 17.3 Å². The Labute approximate surface area is 200 Å². The van der Waals surface area contributed by atoms with E-state index in [2.05, 4.69) is 5.27 Å². The molecule has 1 aromatic heterocycles. The normalized spacial score (nSPS) is 15.7. The molecule has 35 heavy (non-hydrogen) atoms. The first-order chi connectivity index (χ1) is 16.8. The van der Waals surface area contributed by atoms with E-state index >= 15 is 0 Å². The molecule has 3 aromatic rings. The molecule has 0 saturated carbocycles. The Morgan fingerprint density at radius 2 is 1.83 bits per heavy atom. The lowest BCUT2D eigenvalue weighted by atomic mass is 10.2. The number of H-pyrrole nitrogens is 1. The number of aromatic nitrogens is 2. The molecule has 1 N–H and O–H groups in total. The Morgan fingerprint density at radius 1 is 1.14 bits per heavy atom. The van der Waals surface area contributed by atoms with Crippen LogP contribution >= 0.6 is 0 Å². The molecule has 0 spiro atoms. The zero-order chi connectivity index (χ0) is 25.1. The lowest BCUT2D eigenvalue weighted by molar-refractivity contribution is -0.678. The summed E-state index contributed by atoms with van der Waals surface area (Å²) in [6.45, 7) is 2.01. The molecule has 1 aliphatic rings. The van der Waals surface area contributed by atoms with Crippen molar-refractivity contribution < 1.29 is 33.1 Å². The van der Waals surface area contributed by atoms with E-state index in [0.717, 1.165) is 4.90 Å². The van der Waals surface area contributed by atoms with Crippen LogP contribution in [0, 0.1) is 0 Å². The molecule has 0 aliphatic carbocycles. The van der Waals surface area contributed by atoms with Crippen LogP contribution in [0.4, 0.5) is 5.69 Å². The fourth-order valence-electron chi connectivity index (χ4n) is 3.91. The Bertz CT molecular complexity index is 1290. The minimum Gasteiger partial charge on any atom is -0.497 e. The molecule has 2 aromatic carbocycles. The number of carbonyl (C=O) groups excluding carboxylic acids is 3. The topological polar surface area (TPSA) is 126 Å². The molecule has 1 fully saturated rings. The fourth-order valence-corrected chi connectivity index (χ4v) is 3.91. The highest BCUT2D eigenvalue weighted by molar-refractivity contribution is 6.22. The van der Waals surface area contributed by atoms with Gasteiger partial charge in [-0.1, -0.05) is 0 Å². The van der Waals surface area contributed by atoms with Gasteiger partial charge in [0, 0.05) is 12.1 Å². The van der Waals surface area contributed by atoms with Crippen molar-refractivity contribution in [2.75, 3.05) is 25.7 Å². The third-order valence-corrected chi connectivity index (χ3v) is 5.76. The number of amides is 2. The SMILES string of the molecule is CCOC(=O)c1ccc(N2C(=O)CC(N(C)Cc3c(=O)o[nH][n+]3-c3ccc(OC)cc3)C2=O)cc1. The smallest absolute Gasteiger partial charge is 0.431 e. The van der Waals surface area contributed by atoms with Gasteiger partial charge in [-0.3, -0.25) is 19.0 Å². The lowest BCUT2D eigenvalue weighted by Gasteiger charge is -2.21. The molecular formula is C24H25N4O7+. The van der Waals surface area contributed by atoms with Crippen molar-refractivity contribution in [1.29, 1.82) is 0 Å². The van der Waals surface area contributed by atoms with Gasteiger partial charge in [-0.15, -0.1) is 0 Å². The molecule has 182 valence electrons. The Hall–Kier alpha value is -4.25. The van der Waals surface area contributed by atoms with Crippen molar-refractivity contribution in [3.8, 4) is 11.4 Å². The fraction of sp³-hybridized carbons (Fsp3) is 0.292. The second-order valence-corrected chi connectivity index (χ2v) is 7.93. The van der Waals surface area contributed by atoms with E-state index in [0.29, 0.717) is 22.7 Å². The van der Waals surface area contributed by atoms with Gasteiger partial charge in [0.15, 0.2) is 0 Å². The molecule has 1 aliphatic heterocycles. The van der Waals surface area contributed by atoms with Gasteiger partial charge in [0.25, 0.3) is 5.91 Å². The van der Waals surface area contributed by atoms with E-state index in [9.17, 15) is 19.2 Å². The van der Waals surface area contributed by atoms with Crippen LogP contribution in [-0.2, 0) is 20.9 Å². The van der Waals surface area contributed by atoms with Gasteiger partial charge in [-0.25, -0.2) is 14.5 Å². The van der Waals surface area contributed by atoms with Gasteiger partial charge in [-0.05, 0) is 60.3 Å². The monoisotopic (exact) mass is 481 g/mol. The minimum absolute atomic E-state index is 0.0484. The van der Waals surface area contributed by atoms with Crippen molar-refractivity contribution in [3.05, 3.63) is 70.2 Å². The third kappa shape index (κ3) is 4.71. The number of hydrogen-bond acceptors (Lipinski definition) is 8. The highest BCUT2D eigenvalue weighted by Gasteiger charge is 2.43. The standard InChI is InChI=1S/C24H24N4O7/c1-4-34-23(31)15-5-7-16(8-6-15)27-21(29)13-19(22(27)30)26(2)14-20-24(32)35-25-28(20)17-9-11-18(33-3)12-10-17/h5-12,19H,4,13-14H2,1-3H3/p+1. The first-order valence-electron chi connectivity index (χ1n) is 10.9. The van der Waals surface area contributed by atoms with Crippen LogP contribution in [0.2, 0.25) is 0 Å². The van der Waals surface area contributed by atoms with Crippen molar-refractivity contribution >= 4 is 23.5 Å². The zero-order valence-electron chi connectivity index (χ0n) is 19.5. The maximum atomic E-state index is 13.2. The number of likely N-dealkylation sites (N-methyl/N-ethyl adjacent to an activating group) is 1. The third-order valence-electron chi connectivity index (χ3n) is 5.76. The van der Waals surface area contributed by atoms with Gasteiger partial charge in [0.1, 0.15) is 5.75 Å². The molecule has 2 amide bonds. The molecule has 1 atom stereocenters. The molecular weight excluding hydrogens is 456 g/mol. The number of anilines is 1. The maximum absolute atomic E-state index is 13.2. The van der Waals surface area contributed by atoms with Crippen molar-refractivity contribution in [1.82, 2.24) is 10.2 Å². The number of nitrogens with zero attached hydrogens (tertiary/aromatic N) is 3. The first-order valence-corrected chi connectivity index (χ1v) is 10.9. The second-order valence-electron chi connectivity index (χ2n) is 7.93. The number of hydrogen-bond donors (Lipinski definition) is 1. The molecule has 11 heteroatoms. The summed E-state index contributed by atoms with van der Waals surface area (Å²) in [4.78, 5) is 52.9. The molecule has 11 nitrogen and oxygen atoms in total. The number of ether oxygens (including phenoxy) is 2. The largest absolute Gasteiger partial charge is 0.497 e. The predicted octanol–water partition coefficient (Wildman–Crippen LogP) is 1.19. The van der Waals surface area contributed by atoms with E-state index in [-0.39, 0.29) is 31.2 Å². The predicted molar refractivity (Wildman–Crippen MR) is 122 cm³/mol. The van der Waals surface area contributed by atoms with Crippen LogP contribution in [0.1, 0.15) is 29.4 Å². The number of benzene rings is 2. The Kier molecular flexibility index (Phi) is 6.78. The second kappa shape index (κ2) is 9.94. The van der Waals surface area contributed by atoms with Crippen LogP contribution in [0.5, 0.6) is 5.75 Å². The summed E-state index contributed by atoms with van der Waals surface area (Å²) in [5.41, 5.74) is 0.993. The minimum atomic E-state index is -0.772. The summed E-state index contributed by atoms with van der Waals surface area (Å²) in [7, 11) is 3.22. The Balaban J connectivity index is 1.52. The van der Waals surface area contributed by atoms with Crippen molar-refractivity contribution in [3.63, 3.8) is 0 Å². The van der Waals surface area contributed by atoms with Gasteiger partial charge < -0.3 is 9.47 Å². The quantitative estimate of drug-likeness (QED) is 0.289. The van der Waals surface area contributed by atoms with Crippen LogP contribution in [0.25, 0.3) is 5.69 Å². The molecule has 4 rings (SSSR count). The van der Waals surface area contributed by atoms with Crippen LogP contribution in [-0.4, -0.2) is 54.8 Å². The number of nitrogens with one attached hydrogen (secondary N) is 1. The van der Waals surface area contributed by atoms with Gasteiger partial charge in [0.05, 0.1) is 44.0 Å². The maximum Gasteiger partial charge on any atom is 0.431 e. The van der Waals surface area contributed by atoms with Crippen LogP contribution in [0.15, 0.2) is 57.8 Å². The van der Waals surface area contributed by atoms with Crippen LogP contribution < -0.4 is 19.9 Å². The van der Waals surface area contributed by atoms with E-state index < -0.39 is 23.5 Å².